The van der Waals surface area contributed by atoms with Crippen molar-refractivity contribution in [1.29, 1.82) is 0 Å². The number of rotatable bonds is 5. The van der Waals surface area contributed by atoms with E-state index in [4.69, 9.17) is 4.74 Å². The van der Waals surface area contributed by atoms with Crippen LogP contribution in [0.1, 0.15) is 92.6 Å². The Bertz CT molecular complexity index is 787. The van der Waals surface area contributed by atoms with Crippen molar-refractivity contribution in [2.45, 2.75) is 99.3 Å². The lowest BCUT2D eigenvalue weighted by Gasteiger charge is -2.22. The predicted octanol–water partition coefficient (Wildman–Crippen LogP) is 10.3. The molecule has 0 bridgehead atoms. The van der Waals surface area contributed by atoms with Gasteiger partial charge in [-0.2, -0.15) is 13.2 Å². The molecule has 2 saturated carbocycles. The molecule has 1 nitrogen and oxygen atoms in total. The maximum absolute atomic E-state index is 12.1. The van der Waals surface area contributed by atoms with Crippen LogP contribution in [0.15, 0.2) is 60.7 Å². The third kappa shape index (κ3) is 12.0. The number of hydrogen-bond acceptors (Lipinski definition) is 1. The second-order valence-electron chi connectivity index (χ2n) is 10.9. The molecule has 0 unspecified atom stereocenters. The van der Waals surface area contributed by atoms with E-state index in [2.05, 4.69) is 52.0 Å². The highest BCUT2D eigenvalue weighted by Crippen LogP contribution is 2.62. The van der Waals surface area contributed by atoms with Gasteiger partial charge in [-0.1, -0.05) is 90.1 Å². The van der Waals surface area contributed by atoms with E-state index in [1.807, 2.05) is 50.2 Å². The second kappa shape index (κ2) is 14.6. The summed E-state index contributed by atoms with van der Waals surface area (Å²) in [7, 11) is 0. The van der Waals surface area contributed by atoms with Crippen LogP contribution in [0, 0.1) is 23.2 Å². The molecule has 4 rings (SSSR count). The van der Waals surface area contributed by atoms with Gasteiger partial charge in [0.1, 0.15) is 5.75 Å². The first-order valence-corrected chi connectivity index (χ1v) is 13.1. The molecule has 2 fully saturated rings. The third-order valence-electron chi connectivity index (χ3n) is 6.60. The fourth-order valence-electron chi connectivity index (χ4n) is 3.69. The minimum absolute atomic E-state index is 0.257. The smallest absolute Gasteiger partial charge is 0.394 e. The zero-order valence-electron chi connectivity index (χ0n) is 23.0. The van der Waals surface area contributed by atoms with Gasteiger partial charge in [0.15, 0.2) is 0 Å². The van der Waals surface area contributed by atoms with Crippen molar-refractivity contribution in [3.05, 3.63) is 66.2 Å². The molecule has 0 atom stereocenters. The number of para-hydroxylation sites is 1. The summed E-state index contributed by atoms with van der Waals surface area (Å²) in [6, 6.07) is 20.4. The summed E-state index contributed by atoms with van der Waals surface area (Å²) in [6.45, 7) is 16.3. The Morgan fingerprint density at radius 3 is 1.40 bits per heavy atom. The van der Waals surface area contributed by atoms with Gasteiger partial charge in [0, 0.05) is 0 Å². The average molecular weight is 493 g/mol. The van der Waals surface area contributed by atoms with E-state index in [-0.39, 0.29) is 12.0 Å². The minimum Gasteiger partial charge on any atom is -0.491 e. The van der Waals surface area contributed by atoms with Crippen molar-refractivity contribution in [3.63, 3.8) is 0 Å². The first-order chi connectivity index (χ1) is 16.3. The van der Waals surface area contributed by atoms with E-state index in [1.165, 1.54) is 18.4 Å². The van der Waals surface area contributed by atoms with Crippen LogP contribution in [0.25, 0.3) is 0 Å². The predicted molar refractivity (Wildman–Crippen MR) is 143 cm³/mol. The van der Waals surface area contributed by atoms with Gasteiger partial charge >= 0.3 is 6.18 Å². The van der Waals surface area contributed by atoms with Crippen LogP contribution < -0.4 is 4.74 Å². The van der Waals surface area contributed by atoms with Crippen molar-refractivity contribution < 1.29 is 17.9 Å². The Kier molecular flexibility index (Phi) is 12.9. The van der Waals surface area contributed by atoms with Crippen molar-refractivity contribution >= 4 is 0 Å². The minimum atomic E-state index is -3.97. The van der Waals surface area contributed by atoms with E-state index in [0.29, 0.717) is 18.8 Å². The second-order valence-corrected chi connectivity index (χ2v) is 10.9. The van der Waals surface area contributed by atoms with Crippen LogP contribution in [0.5, 0.6) is 5.75 Å². The fraction of sp³-hybridized carbons (Fsp3) is 0.613. The Balaban J connectivity index is 0.000000237. The third-order valence-corrected chi connectivity index (χ3v) is 6.60. The molecule has 2 aliphatic carbocycles. The first kappa shape index (κ1) is 31.1. The zero-order chi connectivity index (χ0) is 26.6. The van der Waals surface area contributed by atoms with Crippen LogP contribution in [-0.4, -0.2) is 12.3 Å². The Morgan fingerprint density at radius 1 is 0.743 bits per heavy atom. The summed E-state index contributed by atoms with van der Waals surface area (Å²) < 4.78 is 41.9. The van der Waals surface area contributed by atoms with Gasteiger partial charge in [-0.25, -0.2) is 0 Å². The molecule has 2 aliphatic rings. The Morgan fingerprint density at radius 2 is 1.20 bits per heavy atom. The Hall–Kier alpha value is -1.97. The standard InChI is InChI=1S/C9H12O.C9H12.C7H11F3.C6H12/c1-8(2)10-9-6-4-3-5-7-9;1-8(2)9-6-4-3-5-7-9;1-5(2)6(3-4-6)7(8,9)10;1-5(2)6-3-4-6/h3-8H,1-2H3;3-8H,1-2H3;5H,3-4H2,1-2H3;5-6H,3-4H2,1-2H3. The number of hydrogen-bond donors (Lipinski definition) is 0. The molecule has 0 amide bonds. The highest BCUT2D eigenvalue weighted by Gasteiger charge is 2.64. The molecule has 0 aromatic heterocycles. The van der Waals surface area contributed by atoms with Crippen molar-refractivity contribution in [2.75, 3.05) is 0 Å². The lowest BCUT2D eigenvalue weighted by atomic mass is 9.92. The quantitative estimate of drug-likeness (QED) is 0.403. The molecule has 35 heavy (non-hydrogen) atoms. The van der Waals surface area contributed by atoms with Crippen molar-refractivity contribution in [2.24, 2.45) is 23.2 Å². The molecule has 0 N–H and O–H groups in total. The maximum atomic E-state index is 12.1. The lowest BCUT2D eigenvalue weighted by molar-refractivity contribution is -0.199. The SMILES string of the molecule is CC(C)C1(C(F)(F)F)CC1.CC(C)C1CC1.CC(C)Oc1ccccc1.CC(C)c1ccccc1. The molecule has 0 radical (unpaired) electrons. The molecular formula is C31H47F3O. The van der Waals surface area contributed by atoms with Crippen LogP contribution in [0.3, 0.4) is 0 Å². The van der Waals surface area contributed by atoms with E-state index in [0.717, 1.165) is 17.6 Å². The van der Waals surface area contributed by atoms with Crippen LogP contribution in [0.4, 0.5) is 13.2 Å². The van der Waals surface area contributed by atoms with Gasteiger partial charge in [-0.05, 0) is 80.9 Å². The van der Waals surface area contributed by atoms with Gasteiger partial charge in [0.25, 0.3) is 0 Å². The molecule has 198 valence electrons. The number of benzene rings is 2. The molecular weight excluding hydrogens is 445 g/mol. The van der Waals surface area contributed by atoms with Gasteiger partial charge < -0.3 is 4.74 Å². The van der Waals surface area contributed by atoms with Gasteiger partial charge in [-0.15, -0.1) is 0 Å². The van der Waals surface area contributed by atoms with Crippen LogP contribution >= 0.6 is 0 Å². The molecule has 0 spiro atoms. The summed E-state index contributed by atoms with van der Waals surface area (Å²) in [5.74, 6) is 3.41. The van der Waals surface area contributed by atoms with Crippen molar-refractivity contribution in [3.8, 4) is 5.75 Å². The molecule has 2 aromatic carbocycles. The number of halogens is 3. The molecule has 0 aliphatic heterocycles. The van der Waals surface area contributed by atoms with E-state index >= 15 is 0 Å². The van der Waals surface area contributed by atoms with Gasteiger partial charge in [-0.3, -0.25) is 0 Å². The van der Waals surface area contributed by atoms with Crippen LogP contribution in [0.2, 0.25) is 0 Å². The Labute approximate surface area is 212 Å². The first-order valence-electron chi connectivity index (χ1n) is 13.1. The summed E-state index contributed by atoms with van der Waals surface area (Å²) in [6.07, 6.45) is -0.0545. The van der Waals surface area contributed by atoms with Gasteiger partial charge in [0.05, 0.1) is 11.5 Å². The average Bonchev–Trinajstić information content (AvgIpc) is 3.68. The fourth-order valence-corrected chi connectivity index (χ4v) is 3.69. The molecule has 0 heterocycles. The topological polar surface area (TPSA) is 9.23 Å². The summed E-state index contributed by atoms with van der Waals surface area (Å²) in [5.41, 5.74) is 0.102. The van der Waals surface area contributed by atoms with Crippen molar-refractivity contribution in [1.82, 2.24) is 0 Å². The maximum Gasteiger partial charge on any atom is 0.394 e. The lowest BCUT2D eigenvalue weighted by Crippen LogP contribution is -2.29. The monoisotopic (exact) mass is 492 g/mol. The van der Waals surface area contributed by atoms with E-state index < -0.39 is 11.6 Å². The van der Waals surface area contributed by atoms with Gasteiger partial charge in [0.2, 0.25) is 0 Å². The highest BCUT2D eigenvalue weighted by atomic mass is 19.4. The summed E-state index contributed by atoms with van der Waals surface area (Å²) >= 11 is 0. The number of alkyl halides is 3. The largest absolute Gasteiger partial charge is 0.491 e. The normalized spacial score (nSPS) is 16.0. The zero-order valence-corrected chi connectivity index (χ0v) is 23.0. The molecule has 0 saturated heterocycles. The summed E-state index contributed by atoms with van der Waals surface area (Å²) in [5, 5.41) is 0. The highest BCUT2D eigenvalue weighted by molar-refractivity contribution is 5.21. The summed E-state index contributed by atoms with van der Waals surface area (Å²) in [4.78, 5) is 0. The van der Waals surface area contributed by atoms with Crippen LogP contribution in [-0.2, 0) is 0 Å². The number of ether oxygens (including phenoxy) is 1. The molecule has 2 aromatic rings. The van der Waals surface area contributed by atoms with E-state index in [9.17, 15) is 13.2 Å². The molecule has 4 heteroatoms. The van der Waals surface area contributed by atoms with E-state index in [1.54, 1.807) is 13.8 Å².